The maximum Gasteiger partial charge on any atom is 0.490 e. The van der Waals surface area contributed by atoms with Gasteiger partial charge >= 0.3 is 12.1 Å². The second-order valence-electron chi connectivity index (χ2n) is 8.02. The fraction of sp³-hybridized carbons (Fsp3) is 0.571. The van der Waals surface area contributed by atoms with Gasteiger partial charge in [0, 0.05) is 39.2 Å². The molecule has 0 bridgehead atoms. The summed E-state index contributed by atoms with van der Waals surface area (Å²) < 4.78 is 44.6. The molecule has 1 N–H and O–H groups in total. The normalized spacial score (nSPS) is 18.5. The first-order chi connectivity index (χ1) is 15.2. The first kappa shape index (κ1) is 24.0. The number of carboxylic acid groups (broad SMARTS) is 1. The Bertz CT molecular complexity index is 897. The van der Waals surface area contributed by atoms with Crippen LogP contribution in [0.4, 0.5) is 13.2 Å². The number of ether oxygens (including phenoxy) is 2. The van der Waals surface area contributed by atoms with Crippen LogP contribution >= 0.6 is 0 Å². The van der Waals surface area contributed by atoms with Crippen LogP contribution in [0.1, 0.15) is 35.7 Å². The van der Waals surface area contributed by atoms with Crippen molar-refractivity contribution < 1.29 is 32.5 Å². The summed E-state index contributed by atoms with van der Waals surface area (Å²) in [7, 11) is 3.47. The first-order valence-electron chi connectivity index (χ1n) is 10.3. The molecular weight excluding hydrogens is 429 g/mol. The largest absolute Gasteiger partial charge is 0.497 e. The highest BCUT2D eigenvalue weighted by Crippen LogP contribution is 2.34. The van der Waals surface area contributed by atoms with Gasteiger partial charge in [0.1, 0.15) is 11.4 Å². The lowest BCUT2D eigenvalue weighted by atomic mass is 9.98. The van der Waals surface area contributed by atoms with Gasteiger partial charge < -0.3 is 14.6 Å². The van der Waals surface area contributed by atoms with Crippen molar-refractivity contribution in [2.75, 3.05) is 27.4 Å². The molecule has 1 aromatic carbocycles. The highest BCUT2D eigenvalue weighted by molar-refractivity contribution is 5.73. The van der Waals surface area contributed by atoms with Gasteiger partial charge in [0.25, 0.3) is 0 Å². The van der Waals surface area contributed by atoms with Crippen molar-refractivity contribution in [2.24, 2.45) is 5.92 Å². The number of hydrogen-bond acceptors (Lipinski definition) is 6. The average Bonchev–Trinajstić information content (AvgIpc) is 3.47. The van der Waals surface area contributed by atoms with Crippen molar-refractivity contribution >= 4 is 5.97 Å². The van der Waals surface area contributed by atoms with E-state index in [-0.39, 0.29) is 0 Å². The molecule has 1 fully saturated rings. The van der Waals surface area contributed by atoms with Crippen molar-refractivity contribution in [3.8, 4) is 5.75 Å². The number of carboxylic acids is 1. The summed E-state index contributed by atoms with van der Waals surface area (Å²) in [5.74, 6) is -0.732. The molecule has 2 aromatic rings. The summed E-state index contributed by atoms with van der Waals surface area (Å²) in [5.41, 5.74) is 3.69. The third-order valence-electron chi connectivity index (χ3n) is 5.39. The highest BCUT2D eigenvalue weighted by atomic mass is 19.4. The minimum Gasteiger partial charge on any atom is -0.497 e. The van der Waals surface area contributed by atoms with Crippen LogP contribution in [0.25, 0.3) is 0 Å². The lowest BCUT2D eigenvalue weighted by Crippen LogP contribution is -2.36. The van der Waals surface area contributed by atoms with Crippen LogP contribution in [0, 0.1) is 5.92 Å². The van der Waals surface area contributed by atoms with Gasteiger partial charge in [0.15, 0.2) is 0 Å². The molecule has 2 aliphatic rings. The van der Waals surface area contributed by atoms with E-state index in [0.29, 0.717) is 12.5 Å². The molecule has 1 atom stereocenters. The van der Waals surface area contributed by atoms with Gasteiger partial charge in [-0.3, -0.25) is 4.90 Å². The van der Waals surface area contributed by atoms with Crippen LogP contribution in [-0.4, -0.2) is 64.5 Å². The predicted molar refractivity (Wildman–Crippen MR) is 108 cm³/mol. The zero-order valence-electron chi connectivity index (χ0n) is 18.0. The molecule has 8 nitrogen and oxygen atoms in total. The Kier molecular flexibility index (Phi) is 7.73. The van der Waals surface area contributed by atoms with E-state index in [4.69, 9.17) is 19.4 Å². The molecule has 0 spiro atoms. The van der Waals surface area contributed by atoms with Gasteiger partial charge in [-0.25, -0.2) is 9.48 Å². The topological polar surface area (TPSA) is 89.7 Å². The molecule has 1 aromatic heterocycles. The van der Waals surface area contributed by atoms with E-state index in [1.54, 1.807) is 14.2 Å². The van der Waals surface area contributed by atoms with E-state index in [0.717, 1.165) is 43.5 Å². The second kappa shape index (κ2) is 10.3. The third-order valence-corrected chi connectivity index (χ3v) is 5.39. The number of rotatable bonds is 7. The molecule has 176 valence electrons. The van der Waals surface area contributed by atoms with Crippen LogP contribution in [0.3, 0.4) is 0 Å². The number of nitrogens with zero attached hydrogens (tertiary/aromatic N) is 4. The standard InChI is InChI=1S/C19H26N4O2.C2HF3O2/c1-24-13-16-11-22(9-14-5-7-17(25-2)8-6-14)12-18-19(16)23(21-20-18)10-15-3-4-15;3-2(4,5)1(6)7/h5-8,15-16H,3-4,9-13H2,1-2H3;(H,6,7). The zero-order valence-corrected chi connectivity index (χ0v) is 18.0. The molecule has 11 heteroatoms. The minimum atomic E-state index is -5.08. The number of hydrogen-bond donors (Lipinski definition) is 1. The fourth-order valence-corrected chi connectivity index (χ4v) is 3.71. The Hall–Kier alpha value is -2.66. The average molecular weight is 456 g/mol. The smallest absolute Gasteiger partial charge is 0.490 e. The Labute approximate surface area is 183 Å². The van der Waals surface area contributed by atoms with Gasteiger partial charge in [-0.05, 0) is 36.5 Å². The number of benzene rings is 1. The number of aromatic nitrogens is 3. The molecule has 1 unspecified atom stereocenters. The lowest BCUT2D eigenvalue weighted by Gasteiger charge is -2.32. The van der Waals surface area contributed by atoms with Gasteiger partial charge in [-0.15, -0.1) is 5.10 Å². The summed E-state index contributed by atoms with van der Waals surface area (Å²) in [5, 5.41) is 16.1. The molecule has 4 rings (SSSR count). The van der Waals surface area contributed by atoms with E-state index < -0.39 is 12.1 Å². The maximum absolute atomic E-state index is 10.6. The van der Waals surface area contributed by atoms with E-state index in [2.05, 4.69) is 32.0 Å². The van der Waals surface area contributed by atoms with Crippen molar-refractivity contribution in [2.45, 2.75) is 44.6 Å². The van der Waals surface area contributed by atoms with Gasteiger partial charge in [0.05, 0.1) is 19.4 Å². The Balaban J connectivity index is 0.000000360. The SMILES string of the molecule is COCC1CN(Cc2ccc(OC)cc2)Cc2nnn(CC3CC3)c21.O=C(O)C(F)(F)F. The summed E-state index contributed by atoms with van der Waals surface area (Å²) in [6.07, 6.45) is -2.43. The molecule has 0 saturated heterocycles. The summed E-state index contributed by atoms with van der Waals surface area (Å²) in [6, 6.07) is 8.29. The summed E-state index contributed by atoms with van der Waals surface area (Å²) >= 11 is 0. The molecule has 32 heavy (non-hydrogen) atoms. The predicted octanol–water partition coefficient (Wildman–Crippen LogP) is 3.08. The molecule has 1 aliphatic heterocycles. The molecule has 2 heterocycles. The third kappa shape index (κ3) is 6.42. The van der Waals surface area contributed by atoms with Crippen LogP contribution in [0.2, 0.25) is 0 Å². The van der Waals surface area contributed by atoms with E-state index >= 15 is 0 Å². The second-order valence-corrected chi connectivity index (χ2v) is 8.02. The van der Waals surface area contributed by atoms with E-state index in [1.165, 1.54) is 24.1 Å². The van der Waals surface area contributed by atoms with Gasteiger partial charge in [0.2, 0.25) is 0 Å². The number of halogens is 3. The van der Waals surface area contributed by atoms with E-state index in [9.17, 15) is 13.2 Å². The van der Waals surface area contributed by atoms with Gasteiger partial charge in [-0.2, -0.15) is 13.2 Å². The van der Waals surface area contributed by atoms with Crippen molar-refractivity contribution in [1.82, 2.24) is 19.9 Å². The van der Waals surface area contributed by atoms with Gasteiger partial charge in [-0.1, -0.05) is 17.3 Å². The fourth-order valence-electron chi connectivity index (χ4n) is 3.71. The van der Waals surface area contributed by atoms with Crippen LogP contribution in [0.15, 0.2) is 24.3 Å². The Morgan fingerprint density at radius 3 is 2.41 bits per heavy atom. The number of alkyl halides is 3. The first-order valence-corrected chi connectivity index (χ1v) is 10.3. The quantitative estimate of drug-likeness (QED) is 0.685. The minimum absolute atomic E-state index is 0.334. The zero-order chi connectivity index (χ0) is 23.3. The van der Waals surface area contributed by atoms with E-state index in [1.807, 2.05) is 12.1 Å². The number of carbonyl (C=O) groups is 1. The molecule has 0 amide bonds. The lowest BCUT2D eigenvalue weighted by molar-refractivity contribution is -0.192. The van der Waals surface area contributed by atoms with Crippen molar-refractivity contribution in [3.05, 3.63) is 41.2 Å². The van der Waals surface area contributed by atoms with Crippen molar-refractivity contribution in [1.29, 1.82) is 0 Å². The monoisotopic (exact) mass is 456 g/mol. The van der Waals surface area contributed by atoms with Crippen molar-refractivity contribution in [3.63, 3.8) is 0 Å². The summed E-state index contributed by atoms with van der Waals surface area (Å²) in [6.45, 7) is 4.46. The molecule has 1 saturated carbocycles. The number of fused-ring (bicyclic) bond motifs is 1. The highest BCUT2D eigenvalue weighted by Gasteiger charge is 2.38. The van der Waals surface area contributed by atoms with Crippen LogP contribution in [0.5, 0.6) is 5.75 Å². The molecule has 1 aliphatic carbocycles. The number of aliphatic carboxylic acids is 1. The molecular formula is C21H27F3N4O4. The maximum atomic E-state index is 10.6. The van der Waals surface area contributed by atoms with Crippen LogP contribution in [-0.2, 0) is 29.2 Å². The molecule has 0 radical (unpaired) electrons. The summed E-state index contributed by atoms with van der Waals surface area (Å²) in [4.78, 5) is 11.3. The Morgan fingerprint density at radius 2 is 1.88 bits per heavy atom. The Morgan fingerprint density at radius 1 is 1.22 bits per heavy atom. The number of methoxy groups -OCH3 is 2. The van der Waals surface area contributed by atoms with Crippen LogP contribution < -0.4 is 4.74 Å².